The van der Waals surface area contributed by atoms with E-state index in [1.54, 1.807) is 20.8 Å². The van der Waals surface area contributed by atoms with Gasteiger partial charge in [0.25, 0.3) is 11.8 Å². The molecule has 0 saturated carbocycles. The van der Waals surface area contributed by atoms with Crippen molar-refractivity contribution in [1.29, 1.82) is 0 Å². The summed E-state index contributed by atoms with van der Waals surface area (Å²) in [6.45, 7) is 8.14. The van der Waals surface area contributed by atoms with Gasteiger partial charge in [-0.25, -0.2) is 9.59 Å². The lowest BCUT2D eigenvalue weighted by Gasteiger charge is -2.23. The van der Waals surface area contributed by atoms with Crippen molar-refractivity contribution in [2.45, 2.75) is 97.3 Å². The number of ether oxygens (including phenoxy) is 2. The van der Waals surface area contributed by atoms with E-state index in [1.165, 1.54) is 6.92 Å². The van der Waals surface area contributed by atoms with Gasteiger partial charge in [-0.2, -0.15) is 0 Å². The summed E-state index contributed by atoms with van der Waals surface area (Å²) >= 11 is 0. The Morgan fingerprint density at radius 1 is 1.06 bits per heavy atom. The van der Waals surface area contributed by atoms with Gasteiger partial charge in [0.2, 0.25) is 0 Å². The van der Waals surface area contributed by atoms with E-state index in [2.05, 4.69) is 5.32 Å². The second-order valence-electron chi connectivity index (χ2n) is 8.45. The number of esters is 1. The van der Waals surface area contributed by atoms with E-state index in [0.29, 0.717) is 11.5 Å². The summed E-state index contributed by atoms with van der Waals surface area (Å²) < 4.78 is 10.1. The summed E-state index contributed by atoms with van der Waals surface area (Å²) in [5.41, 5.74) is -0.802. The molecule has 3 amide bonds. The minimum absolute atomic E-state index is 0.0710. The first-order valence-electron chi connectivity index (χ1n) is 10.6. The molecule has 0 aromatic heterocycles. The van der Waals surface area contributed by atoms with Crippen molar-refractivity contribution in [3.05, 3.63) is 0 Å². The second kappa shape index (κ2) is 12.2. The SMILES string of the molecule is CCCCCC(=O)[C@H](CC(=O)O[C@@H](C)C(=O)ON1C(=O)CCC1=O)NC(=O)OC(C)(C)C. The van der Waals surface area contributed by atoms with Gasteiger partial charge in [-0.05, 0) is 34.1 Å². The Morgan fingerprint density at radius 3 is 2.19 bits per heavy atom. The molecule has 1 fully saturated rings. The van der Waals surface area contributed by atoms with E-state index in [4.69, 9.17) is 14.3 Å². The topological polar surface area (TPSA) is 145 Å². The fourth-order valence-corrected chi connectivity index (χ4v) is 2.70. The van der Waals surface area contributed by atoms with Gasteiger partial charge in [0, 0.05) is 19.3 Å². The molecule has 0 spiro atoms. The van der Waals surface area contributed by atoms with Crippen molar-refractivity contribution in [3.63, 3.8) is 0 Å². The first-order chi connectivity index (χ1) is 14.8. The predicted octanol–water partition coefficient (Wildman–Crippen LogP) is 1.96. The van der Waals surface area contributed by atoms with Crippen molar-refractivity contribution >= 4 is 35.6 Å². The van der Waals surface area contributed by atoms with Crippen LogP contribution in [0.4, 0.5) is 4.79 Å². The van der Waals surface area contributed by atoms with Crippen molar-refractivity contribution in [3.8, 4) is 0 Å². The van der Waals surface area contributed by atoms with E-state index in [-0.39, 0.29) is 25.0 Å². The lowest BCUT2D eigenvalue weighted by atomic mass is 10.0. The molecule has 0 unspecified atom stereocenters. The van der Waals surface area contributed by atoms with Crippen LogP contribution in [0.1, 0.15) is 79.6 Å². The third kappa shape index (κ3) is 9.44. The highest BCUT2D eigenvalue weighted by molar-refractivity contribution is 6.01. The zero-order valence-electron chi connectivity index (χ0n) is 19.2. The Bertz CT molecular complexity index is 726. The molecule has 1 N–H and O–H groups in total. The summed E-state index contributed by atoms with van der Waals surface area (Å²) in [6, 6.07) is -1.20. The van der Waals surface area contributed by atoms with Gasteiger partial charge in [0.05, 0.1) is 6.42 Å². The maximum Gasteiger partial charge on any atom is 0.408 e. The summed E-state index contributed by atoms with van der Waals surface area (Å²) in [5, 5.41) is 2.72. The van der Waals surface area contributed by atoms with Crippen LogP contribution in [-0.2, 0) is 38.3 Å². The molecule has 180 valence electrons. The quantitative estimate of drug-likeness (QED) is 0.280. The maximum atomic E-state index is 12.5. The number of Topliss-reactive ketones (excluding diaryl/α,β-unsaturated/α-hetero) is 1. The van der Waals surface area contributed by atoms with Crippen molar-refractivity contribution in [1.82, 2.24) is 10.4 Å². The Morgan fingerprint density at radius 2 is 1.66 bits per heavy atom. The summed E-state index contributed by atoms with van der Waals surface area (Å²) in [4.78, 5) is 76.7. The molecule has 0 bridgehead atoms. The minimum atomic E-state index is -1.44. The minimum Gasteiger partial charge on any atom is -0.450 e. The van der Waals surface area contributed by atoms with E-state index >= 15 is 0 Å². The van der Waals surface area contributed by atoms with Gasteiger partial charge in [-0.1, -0.05) is 19.8 Å². The highest BCUT2D eigenvalue weighted by Gasteiger charge is 2.35. The lowest BCUT2D eigenvalue weighted by Crippen LogP contribution is -2.45. The maximum absolute atomic E-state index is 12.5. The molecule has 0 aliphatic carbocycles. The number of alkyl carbamates (subject to hydrolysis) is 1. The van der Waals surface area contributed by atoms with E-state index in [9.17, 15) is 28.8 Å². The Kier molecular flexibility index (Phi) is 10.3. The molecule has 1 aliphatic heterocycles. The molecule has 1 saturated heterocycles. The van der Waals surface area contributed by atoms with Crippen LogP contribution >= 0.6 is 0 Å². The van der Waals surface area contributed by atoms with Gasteiger partial charge in [-0.15, -0.1) is 5.06 Å². The molecule has 32 heavy (non-hydrogen) atoms. The number of hydroxylamine groups is 2. The Labute approximate surface area is 187 Å². The van der Waals surface area contributed by atoms with Crippen molar-refractivity contribution in [2.24, 2.45) is 0 Å². The molecule has 0 aromatic rings. The molecule has 1 rings (SSSR count). The second-order valence-corrected chi connectivity index (χ2v) is 8.45. The number of hydrogen-bond donors (Lipinski definition) is 1. The van der Waals surface area contributed by atoms with Crippen LogP contribution in [-0.4, -0.2) is 58.4 Å². The molecular formula is C21H32N2O9. The summed E-state index contributed by atoms with van der Waals surface area (Å²) in [7, 11) is 0. The molecule has 11 heteroatoms. The summed E-state index contributed by atoms with van der Waals surface area (Å²) in [6.07, 6.45) is -0.526. The number of rotatable bonds is 11. The number of nitrogens with zero attached hydrogens (tertiary/aromatic N) is 1. The molecule has 1 aliphatic rings. The van der Waals surface area contributed by atoms with E-state index in [0.717, 1.165) is 12.8 Å². The number of ketones is 1. The average molecular weight is 456 g/mol. The third-order valence-electron chi connectivity index (χ3n) is 4.30. The van der Waals surface area contributed by atoms with Crippen LogP contribution in [0.2, 0.25) is 0 Å². The molecule has 0 radical (unpaired) electrons. The molecule has 11 nitrogen and oxygen atoms in total. The first-order valence-corrected chi connectivity index (χ1v) is 10.6. The van der Waals surface area contributed by atoms with Crippen molar-refractivity contribution in [2.75, 3.05) is 0 Å². The number of carbonyl (C=O) groups excluding carboxylic acids is 6. The van der Waals surface area contributed by atoms with Crippen LogP contribution in [0.5, 0.6) is 0 Å². The van der Waals surface area contributed by atoms with Gasteiger partial charge < -0.3 is 19.6 Å². The number of carbonyl (C=O) groups is 6. The fraction of sp³-hybridized carbons (Fsp3) is 0.714. The normalized spacial score (nSPS) is 15.7. The van der Waals surface area contributed by atoms with Gasteiger partial charge in [-0.3, -0.25) is 19.2 Å². The Balaban J connectivity index is 2.70. The molecule has 0 aromatic carbocycles. The lowest BCUT2D eigenvalue weighted by molar-refractivity contribution is -0.205. The van der Waals surface area contributed by atoms with Gasteiger partial charge >= 0.3 is 18.0 Å². The number of amides is 3. The highest BCUT2D eigenvalue weighted by Crippen LogP contribution is 2.14. The molecule has 1 heterocycles. The van der Waals surface area contributed by atoms with Gasteiger partial charge in [0.15, 0.2) is 11.9 Å². The Hall–Kier alpha value is -2.98. The molecule has 2 atom stereocenters. The van der Waals surface area contributed by atoms with Crippen LogP contribution < -0.4 is 5.32 Å². The number of unbranched alkanes of at least 4 members (excludes halogenated alkanes) is 2. The summed E-state index contributed by atoms with van der Waals surface area (Å²) in [5.74, 6) is -3.77. The zero-order chi connectivity index (χ0) is 24.5. The first kappa shape index (κ1) is 27.1. The predicted molar refractivity (Wildman–Crippen MR) is 110 cm³/mol. The standard InChI is InChI=1S/C21H32N2O9/c1-6-7-8-9-15(24)14(22-20(29)31-21(3,4)5)12-18(27)30-13(2)19(28)32-23-16(25)10-11-17(23)26/h13-14H,6-12H2,1-5H3,(H,22,29)/t13-,14-/m0/s1. The van der Waals surface area contributed by atoms with Gasteiger partial charge in [0.1, 0.15) is 11.6 Å². The number of imide groups is 1. The molecular weight excluding hydrogens is 424 g/mol. The largest absolute Gasteiger partial charge is 0.450 e. The van der Waals surface area contributed by atoms with Crippen LogP contribution in [0.3, 0.4) is 0 Å². The highest BCUT2D eigenvalue weighted by atomic mass is 16.7. The smallest absolute Gasteiger partial charge is 0.408 e. The third-order valence-corrected chi connectivity index (χ3v) is 4.30. The van der Waals surface area contributed by atoms with Crippen LogP contribution in [0.15, 0.2) is 0 Å². The monoisotopic (exact) mass is 456 g/mol. The number of hydrogen-bond acceptors (Lipinski definition) is 9. The number of nitrogens with one attached hydrogen (secondary N) is 1. The van der Waals surface area contributed by atoms with Crippen LogP contribution in [0, 0.1) is 0 Å². The van der Waals surface area contributed by atoms with Crippen LogP contribution in [0.25, 0.3) is 0 Å². The average Bonchev–Trinajstić information content (AvgIpc) is 2.97. The van der Waals surface area contributed by atoms with E-state index in [1.807, 2.05) is 6.92 Å². The fourth-order valence-electron chi connectivity index (χ4n) is 2.70. The van der Waals surface area contributed by atoms with Crippen molar-refractivity contribution < 1.29 is 43.1 Å². The zero-order valence-corrected chi connectivity index (χ0v) is 19.2. The van der Waals surface area contributed by atoms with E-state index < -0.39 is 54.0 Å².